The largest absolute Gasteiger partial charge is 0.295 e. The molecule has 1 saturated heterocycles. The number of nitrogens with zero attached hydrogens (tertiary/aromatic N) is 1. The second-order valence-corrected chi connectivity index (χ2v) is 4.43. The molecule has 1 fully saturated rings. The summed E-state index contributed by atoms with van der Waals surface area (Å²) in [6.07, 6.45) is 6.65. The Morgan fingerprint density at radius 3 is 2.85 bits per heavy atom. The van der Waals surface area contributed by atoms with E-state index < -0.39 is 0 Å². The van der Waals surface area contributed by atoms with Gasteiger partial charge in [0.15, 0.2) is 0 Å². The smallest absolute Gasteiger partial charge is 0.0338 e. The van der Waals surface area contributed by atoms with Gasteiger partial charge in [0.1, 0.15) is 0 Å². The highest BCUT2D eigenvalue weighted by Gasteiger charge is 2.18. The summed E-state index contributed by atoms with van der Waals surface area (Å²) in [7, 11) is 0. The lowest BCUT2D eigenvalue weighted by Crippen LogP contribution is -2.35. The van der Waals surface area contributed by atoms with Gasteiger partial charge in [-0.2, -0.15) is 0 Å². The zero-order valence-corrected chi connectivity index (χ0v) is 9.32. The molecular formula is C11H20ClN. The van der Waals surface area contributed by atoms with Crippen LogP contribution in [-0.2, 0) is 0 Å². The van der Waals surface area contributed by atoms with Crippen LogP contribution in [0.5, 0.6) is 0 Å². The normalized spacial score (nSPS) is 25.5. The van der Waals surface area contributed by atoms with E-state index in [1.807, 2.05) is 0 Å². The average Bonchev–Trinajstić information content (AvgIpc) is 2.28. The SMILES string of the molecule is C=C(Cl)CN1CCCCCC1CC. The van der Waals surface area contributed by atoms with E-state index in [9.17, 15) is 0 Å². The molecule has 0 aromatic rings. The molecule has 13 heavy (non-hydrogen) atoms. The third-order valence-corrected chi connectivity index (χ3v) is 2.96. The van der Waals surface area contributed by atoms with Crippen LogP contribution in [0.2, 0.25) is 0 Å². The first-order chi connectivity index (χ1) is 6.24. The van der Waals surface area contributed by atoms with Crippen molar-refractivity contribution in [2.45, 2.75) is 45.1 Å². The molecule has 0 saturated carbocycles. The lowest BCUT2D eigenvalue weighted by atomic mass is 10.1. The van der Waals surface area contributed by atoms with Crippen molar-refractivity contribution in [1.29, 1.82) is 0 Å². The molecule has 1 rings (SSSR count). The van der Waals surface area contributed by atoms with Crippen LogP contribution in [0, 0.1) is 0 Å². The van der Waals surface area contributed by atoms with Crippen LogP contribution in [0.3, 0.4) is 0 Å². The van der Waals surface area contributed by atoms with Crippen LogP contribution < -0.4 is 0 Å². The van der Waals surface area contributed by atoms with Gasteiger partial charge in [-0.15, -0.1) is 0 Å². The highest BCUT2D eigenvalue weighted by molar-refractivity contribution is 6.29. The minimum absolute atomic E-state index is 0.734. The monoisotopic (exact) mass is 201 g/mol. The summed E-state index contributed by atoms with van der Waals surface area (Å²) in [4.78, 5) is 2.49. The first-order valence-electron chi connectivity index (χ1n) is 5.31. The van der Waals surface area contributed by atoms with Crippen molar-refractivity contribution in [2.75, 3.05) is 13.1 Å². The molecule has 0 radical (unpaired) electrons. The maximum absolute atomic E-state index is 5.85. The Morgan fingerprint density at radius 1 is 1.46 bits per heavy atom. The Balaban J connectivity index is 2.48. The summed E-state index contributed by atoms with van der Waals surface area (Å²) in [6.45, 7) is 8.11. The highest BCUT2D eigenvalue weighted by Crippen LogP contribution is 2.20. The van der Waals surface area contributed by atoms with Gasteiger partial charge in [0.25, 0.3) is 0 Å². The van der Waals surface area contributed by atoms with Crippen LogP contribution in [0.1, 0.15) is 39.0 Å². The Kier molecular flexibility index (Phi) is 4.82. The molecule has 0 aromatic heterocycles. The van der Waals surface area contributed by atoms with Crippen molar-refractivity contribution >= 4 is 11.6 Å². The average molecular weight is 202 g/mol. The first kappa shape index (κ1) is 11.1. The third-order valence-electron chi connectivity index (χ3n) is 2.84. The molecule has 0 amide bonds. The van der Waals surface area contributed by atoms with Gasteiger partial charge in [0.05, 0.1) is 0 Å². The van der Waals surface area contributed by atoms with E-state index in [0.717, 1.165) is 17.6 Å². The van der Waals surface area contributed by atoms with E-state index in [1.165, 1.54) is 38.6 Å². The fourth-order valence-electron chi connectivity index (χ4n) is 2.13. The Hall–Kier alpha value is -0.0100. The number of halogens is 1. The lowest BCUT2D eigenvalue weighted by Gasteiger charge is -2.28. The minimum atomic E-state index is 0.734. The molecule has 1 unspecified atom stereocenters. The molecule has 0 N–H and O–H groups in total. The fourth-order valence-corrected chi connectivity index (χ4v) is 2.28. The zero-order valence-electron chi connectivity index (χ0n) is 8.56. The van der Waals surface area contributed by atoms with Crippen molar-refractivity contribution < 1.29 is 0 Å². The van der Waals surface area contributed by atoms with E-state index in [1.54, 1.807) is 0 Å². The van der Waals surface area contributed by atoms with Crippen molar-refractivity contribution in [3.05, 3.63) is 11.6 Å². The first-order valence-corrected chi connectivity index (χ1v) is 5.69. The second-order valence-electron chi connectivity index (χ2n) is 3.90. The number of hydrogen-bond donors (Lipinski definition) is 0. The van der Waals surface area contributed by atoms with Crippen molar-refractivity contribution in [1.82, 2.24) is 4.90 Å². The molecule has 0 aromatic carbocycles. The molecule has 2 heteroatoms. The molecule has 1 aliphatic rings. The second kappa shape index (κ2) is 5.66. The molecule has 1 heterocycles. The molecule has 0 bridgehead atoms. The summed E-state index contributed by atoms with van der Waals surface area (Å²) in [6, 6.07) is 0.734. The summed E-state index contributed by atoms with van der Waals surface area (Å²) in [5, 5.41) is 0.778. The lowest BCUT2D eigenvalue weighted by molar-refractivity contribution is 0.214. The van der Waals surface area contributed by atoms with E-state index in [0.29, 0.717) is 0 Å². The summed E-state index contributed by atoms with van der Waals surface area (Å²) in [5.74, 6) is 0. The van der Waals surface area contributed by atoms with Crippen molar-refractivity contribution in [3.63, 3.8) is 0 Å². The predicted octanol–water partition coefficient (Wildman–Crippen LogP) is 3.39. The maximum atomic E-state index is 5.85. The van der Waals surface area contributed by atoms with Crippen LogP contribution in [0.15, 0.2) is 11.6 Å². The van der Waals surface area contributed by atoms with Crippen LogP contribution in [0.25, 0.3) is 0 Å². The fraction of sp³-hybridized carbons (Fsp3) is 0.818. The van der Waals surface area contributed by atoms with Crippen molar-refractivity contribution in [3.8, 4) is 0 Å². The van der Waals surface area contributed by atoms with Gasteiger partial charge in [-0.1, -0.05) is 37.9 Å². The van der Waals surface area contributed by atoms with E-state index in [4.69, 9.17) is 11.6 Å². The van der Waals surface area contributed by atoms with Gasteiger partial charge in [0, 0.05) is 17.6 Å². The van der Waals surface area contributed by atoms with E-state index in [-0.39, 0.29) is 0 Å². The molecule has 76 valence electrons. The minimum Gasteiger partial charge on any atom is -0.295 e. The summed E-state index contributed by atoms with van der Waals surface area (Å²) in [5.41, 5.74) is 0. The highest BCUT2D eigenvalue weighted by atomic mass is 35.5. The van der Waals surface area contributed by atoms with E-state index in [2.05, 4.69) is 18.4 Å². The van der Waals surface area contributed by atoms with Crippen LogP contribution in [-0.4, -0.2) is 24.0 Å². The van der Waals surface area contributed by atoms with Gasteiger partial charge in [0.2, 0.25) is 0 Å². The number of hydrogen-bond acceptors (Lipinski definition) is 1. The number of rotatable bonds is 3. The van der Waals surface area contributed by atoms with Crippen LogP contribution >= 0.6 is 11.6 Å². The third kappa shape index (κ3) is 3.70. The Bertz CT molecular complexity index is 167. The van der Waals surface area contributed by atoms with Gasteiger partial charge in [-0.3, -0.25) is 4.90 Å². The standard InChI is InChI=1S/C11H20ClN/c1-3-11-7-5-4-6-8-13(11)9-10(2)12/h11H,2-9H2,1H3. The molecule has 0 aliphatic carbocycles. The summed E-state index contributed by atoms with van der Waals surface area (Å²) >= 11 is 5.85. The molecule has 1 aliphatic heterocycles. The maximum Gasteiger partial charge on any atom is 0.0338 e. The zero-order chi connectivity index (χ0) is 9.68. The molecule has 0 spiro atoms. The van der Waals surface area contributed by atoms with Gasteiger partial charge in [-0.05, 0) is 25.8 Å². The van der Waals surface area contributed by atoms with Gasteiger partial charge >= 0.3 is 0 Å². The quantitative estimate of drug-likeness (QED) is 0.677. The topological polar surface area (TPSA) is 3.24 Å². The molecular weight excluding hydrogens is 182 g/mol. The molecule has 1 nitrogen and oxygen atoms in total. The Labute approximate surface area is 86.8 Å². The summed E-state index contributed by atoms with van der Waals surface area (Å²) < 4.78 is 0. The van der Waals surface area contributed by atoms with Gasteiger partial charge < -0.3 is 0 Å². The van der Waals surface area contributed by atoms with E-state index >= 15 is 0 Å². The predicted molar refractivity (Wildman–Crippen MR) is 59.1 cm³/mol. The Morgan fingerprint density at radius 2 is 2.23 bits per heavy atom. The number of likely N-dealkylation sites (tertiary alicyclic amines) is 1. The molecule has 1 atom stereocenters. The van der Waals surface area contributed by atoms with Crippen LogP contribution in [0.4, 0.5) is 0 Å². The van der Waals surface area contributed by atoms with Gasteiger partial charge in [-0.25, -0.2) is 0 Å². The van der Waals surface area contributed by atoms with Crippen molar-refractivity contribution in [2.24, 2.45) is 0 Å².